The smallest absolute Gasteiger partial charge is 0.408 e. The van der Waals surface area contributed by atoms with Crippen LogP contribution in [0.25, 0.3) is 11.0 Å². The Balaban J connectivity index is 1.98. The average Bonchev–Trinajstić information content (AvgIpc) is 2.64. The highest BCUT2D eigenvalue weighted by Gasteiger charge is 2.28. The van der Waals surface area contributed by atoms with Crippen molar-refractivity contribution in [3.8, 4) is 5.75 Å². The van der Waals surface area contributed by atoms with Crippen LogP contribution in [0.2, 0.25) is 0 Å². The third kappa shape index (κ3) is 5.51. The molecule has 1 heterocycles. The molecule has 0 bridgehead atoms. The Morgan fingerprint density at radius 1 is 1.03 bits per heavy atom. The summed E-state index contributed by atoms with van der Waals surface area (Å²) in [6.07, 6.45) is -0.741. The minimum absolute atomic E-state index is 0.244. The number of esters is 1. The summed E-state index contributed by atoms with van der Waals surface area (Å²) in [5.41, 5.74) is 1.02. The lowest BCUT2D eigenvalue weighted by Crippen LogP contribution is -2.39. The Kier molecular flexibility index (Phi) is 6.15. The van der Waals surface area contributed by atoms with Gasteiger partial charge in [-0.25, -0.2) is 14.4 Å². The van der Waals surface area contributed by atoms with Crippen LogP contribution in [0, 0.1) is 13.8 Å². The van der Waals surface area contributed by atoms with Crippen LogP contribution in [-0.2, 0) is 9.53 Å². The van der Waals surface area contributed by atoms with Gasteiger partial charge >= 0.3 is 17.7 Å². The van der Waals surface area contributed by atoms with Gasteiger partial charge in [0.25, 0.3) is 0 Å². The van der Waals surface area contributed by atoms with Crippen molar-refractivity contribution >= 4 is 23.0 Å². The second-order valence-corrected chi connectivity index (χ2v) is 8.30. The lowest BCUT2D eigenvalue weighted by atomic mass is 10.1. The monoisotopic (exact) mass is 423 g/mol. The van der Waals surface area contributed by atoms with Gasteiger partial charge < -0.3 is 19.2 Å². The van der Waals surface area contributed by atoms with Crippen LogP contribution in [0.5, 0.6) is 5.75 Å². The molecule has 3 rings (SSSR count). The van der Waals surface area contributed by atoms with Crippen molar-refractivity contribution in [2.75, 3.05) is 0 Å². The van der Waals surface area contributed by atoms with Gasteiger partial charge in [0.15, 0.2) is 6.04 Å². The fourth-order valence-electron chi connectivity index (χ4n) is 3.17. The first-order valence-electron chi connectivity index (χ1n) is 9.85. The Bertz CT molecular complexity index is 1170. The third-order valence-corrected chi connectivity index (χ3v) is 4.39. The van der Waals surface area contributed by atoms with Gasteiger partial charge in [0, 0.05) is 6.07 Å². The number of carbonyl (C=O) groups is 2. The van der Waals surface area contributed by atoms with E-state index in [-0.39, 0.29) is 5.75 Å². The number of ether oxygens (including phenoxy) is 2. The van der Waals surface area contributed by atoms with Crippen molar-refractivity contribution in [2.45, 2.75) is 46.3 Å². The summed E-state index contributed by atoms with van der Waals surface area (Å²) in [7, 11) is 0. The SMILES string of the molecule is Cc1cc(OC(=O)[C@H](NC(=O)OC(C)(C)C)c2ccccc2)c2c(C)cc(=O)oc2c1. The molecule has 1 atom stereocenters. The maximum Gasteiger partial charge on any atom is 0.408 e. The van der Waals surface area contributed by atoms with Crippen LogP contribution >= 0.6 is 0 Å². The van der Waals surface area contributed by atoms with Crippen LogP contribution in [0.3, 0.4) is 0 Å². The first-order valence-corrected chi connectivity index (χ1v) is 9.85. The van der Waals surface area contributed by atoms with Crippen molar-refractivity contribution in [2.24, 2.45) is 0 Å². The van der Waals surface area contributed by atoms with Crippen LogP contribution in [-0.4, -0.2) is 17.7 Å². The van der Waals surface area contributed by atoms with Gasteiger partial charge in [-0.15, -0.1) is 0 Å². The number of amides is 1. The number of aryl methyl sites for hydroxylation is 2. The fraction of sp³-hybridized carbons (Fsp3) is 0.292. The Hall–Kier alpha value is -3.61. The zero-order valence-electron chi connectivity index (χ0n) is 18.1. The molecule has 0 aliphatic heterocycles. The highest BCUT2D eigenvalue weighted by Crippen LogP contribution is 2.30. The second kappa shape index (κ2) is 8.63. The van der Waals surface area contributed by atoms with E-state index < -0.39 is 29.3 Å². The maximum atomic E-state index is 13.2. The molecule has 0 aliphatic rings. The summed E-state index contributed by atoms with van der Waals surface area (Å²) < 4.78 is 16.3. The zero-order chi connectivity index (χ0) is 22.8. The van der Waals surface area contributed by atoms with Crippen molar-refractivity contribution < 1.29 is 23.5 Å². The summed E-state index contributed by atoms with van der Waals surface area (Å²) in [4.78, 5) is 37.3. The van der Waals surface area contributed by atoms with Gasteiger partial charge in [-0.05, 0) is 63.4 Å². The molecule has 31 heavy (non-hydrogen) atoms. The molecule has 0 aliphatic carbocycles. The first-order chi connectivity index (χ1) is 14.5. The molecular formula is C24H25NO6. The van der Waals surface area contributed by atoms with Crippen LogP contribution in [0.1, 0.15) is 43.5 Å². The van der Waals surface area contributed by atoms with E-state index in [0.29, 0.717) is 22.1 Å². The minimum Gasteiger partial charge on any atom is -0.444 e. The van der Waals surface area contributed by atoms with Gasteiger partial charge in [0.2, 0.25) is 0 Å². The summed E-state index contributed by atoms with van der Waals surface area (Å²) in [5, 5.41) is 3.10. The second-order valence-electron chi connectivity index (χ2n) is 8.30. The molecule has 1 N–H and O–H groups in total. The number of hydrogen-bond acceptors (Lipinski definition) is 6. The number of carbonyl (C=O) groups excluding carboxylic acids is 2. The summed E-state index contributed by atoms with van der Waals surface area (Å²) >= 11 is 0. The van der Waals surface area contributed by atoms with Crippen LogP contribution in [0.15, 0.2) is 57.7 Å². The number of rotatable bonds is 4. The fourth-order valence-corrected chi connectivity index (χ4v) is 3.17. The van der Waals surface area contributed by atoms with E-state index in [1.54, 1.807) is 77.1 Å². The molecule has 7 nitrogen and oxygen atoms in total. The van der Waals surface area contributed by atoms with E-state index in [0.717, 1.165) is 5.56 Å². The number of benzene rings is 2. The van der Waals surface area contributed by atoms with Crippen molar-refractivity contribution in [3.63, 3.8) is 0 Å². The molecule has 0 spiro atoms. The van der Waals surface area contributed by atoms with Gasteiger partial charge in [-0.1, -0.05) is 30.3 Å². The molecule has 0 saturated carbocycles. The van der Waals surface area contributed by atoms with E-state index in [9.17, 15) is 14.4 Å². The number of fused-ring (bicyclic) bond motifs is 1. The van der Waals surface area contributed by atoms with E-state index in [2.05, 4.69) is 5.32 Å². The predicted molar refractivity (Wildman–Crippen MR) is 116 cm³/mol. The van der Waals surface area contributed by atoms with Gasteiger partial charge in [0.05, 0.1) is 5.39 Å². The first kappa shape index (κ1) is 22.1. The number of alkyl carbamates (subject to hydrolysis) is 1. The molecule has 0 fully saturated rings. The molecule has 0 unspecified atom stereocenters. The van der Waals surface area contributed by atoms with E-state index in [4.69, 9.17) is 13.9 Å². The minimum atomic E-state index is -1.09. The van der Waals surface area contributed by atoms with E-state index >= 15 is 0 Å². The summed E-state index contributed by atoms with van der Waals surface area (Å²) in [6.45, 7) is 8.74. The van der Waals surface area contributed by atoms with Crippen LogP contribution in [0.4, 0.5) is 4.79 Å². The zero-order valence-corrected chi connectivity index (χ0v) is 18.1. The Labute approximate surface area is 180 Å². The summed E-state index contributed by atoms with van der Waals surface area (Å²) in [6, 6.07) is 12.4. The van der Waals surface area contributed by atoms with Gasteiger partial charge in [-0.2, -0.15) is 0 Å². The number of hydrogen-bond donors (Lipinski definition) is 1. The largest absolute Gasteiger partial charge is 0.444 e. The molecule has 2 aromatic carbocycles. The standard InChI is InChI=1S/C24H25NO6/c1-14-11-17-20(15(2)13-19(26)29-17)18(12-14)30-22(27)21(16-9-7-6-8-10-16)25-23(28)31-24(3,4)5/h6-13,21H,1-5H3,(H,25,28)/t21-/m1/s1. The lowest BCUT2D eigenvalue weighted by Gasteiger charge is -2.23. The van der Waals surface area contributed by atoms with Gasteiger partial charge in [-0.3, -0.25) is 0 Å². The van der Waals surface area contributed by atoms with Crippen molar-refractivity contribution in [1.29, 1.82) is 0 Å². The molecule has 0 radical (unpaired) electrons. The normalized spacial score (nSPS) is 12.3. The topological polar surface area (TPSA) is 94.8 Å². The molecule has 0 saturated heterocycles. The molecule has 1 aromatic heterocycles. The highest BCUT2D eigenvalue weighted by atomic mass is 16.6. The third-order valence-electron chi connectivity index (χ3n) is 4.39. The highest BCUT2D eigenvalue weighted by molar-refractivity contribution is 5.91. The van der Waals surface area contributed by atoms with E-state index in [1.165, 1.54) is 6.07 Å². The number of nitrogens with one attached hydrogen (secondary N) is 1. The summed E-state index contributed by atoms with van der Waals surface area (Å²) in [5.74, 6) is -0.456. The molecular weight excluding hydrogens is 398 g/mol. The Morgan fingerprint density at radius 3 is 2.35 bits per heavy atom. The van der Waals surface area contributed by atoms with E-state index in [1.807, 2.05) is 0 Å². The molecule has 1 amide bonds. The van der Waals surface area contributed by atoms with Crippen LogP contribution < -0.4 is 15.7 Å². The maximum absolute atomic E-state index is 13.2. The quantitative estimate of drug-likeness (QED) is 0.375. The predicted octanol–water partition coefficient (Wildman–Crippen LogP) is 4.58. The molecule has 162 valence electrons. The Morgan fingerprint density at radius 2 is 1.71 bits per heavy atom. The van der Waals surface area contributed by atoms with Gasteiger partial charge in [0.1, 0.15) is 16.9 Å². The molecule has 7 heteroatoms. The van der Waals surface area contributed by atoms with Crippen molar-refractivity contribution in [3.05, 3.63) is 75.6 Å². The average molecular weight is 423 g/mol. The lowest BCUT2D eigenvalue weighted by molar-refractivity contribution is -0.136. The van der Waals surface area contributed by atoms with Crippen molar-refractivity contribution in [1.82, 2.24) is 5.32 Å². The molecule has 3 aromatic rings.